The Morgan fingerprint density at radius 1 is 1.12 bits per heavy atom. The molecule has 0 aliphatic carbocycles. The molecule has 4 heteroatoms. The van der Waals surface area contributed by atoms with Crippen LogP contribution in [0, 0.1) is 0 Å². The normalized spacial score (nSPS) is 8.25. The van der Waals surface area contributed by atoms with Crippen molar-refractivity contribution in [3.63, 3.8) is 0 Å². The lowest BCUT2D eigenvalue weighted by Crippen LogP contribution is -2.15. The maximum absolute atomic E-state index is 8.17. The second-order valence-electron chi connectivity index (χ2n) is 1.02. The molecule has 4 N–H and O–H groups in total. The number of hydrogen-bond acceptors (Lipinski definition) is 4. The van der Waals surface area contributed by atoms with Gasteiger partial charge in [0, 0.05) is 7.11 Å². The molecule has 0 saturated carbocycles. The third kappa shape index (κ3) is 9.28. The first-order valence-corrected chi connectivity index (χ1v) is 2.15. The van der Waals surface area contributed by atoms with Crippen LogP contribution in [0.2, 0.25) is 0 Å². The molecule has 0 fully saturated rings. The number of hydrogen-bond donors (Lipinski definition) is 4. The molecule has 0 rings (SSSR count). The van der Waals surface area contributed by atoms with Gasteiger partial charge in [-0.05, 0) is 0 Å². The van der Waals surface area contributed by atoms with E-state index in [-0.39, 0.29) is 13.2 Å². The maximum atomic E-state index is 8.17. The summed E-state index contributed by atoms with van der Waals surface area (Å²) in [5.74, 6) is 0. The molecule has 0 aliphatic rings. The molecule has 0 bridgehead atoms. The molecule has 0 spiro atoms. The molecule has 0 unspecified atom stereocenters. The van der Waals surface area contributed by atoms with Crippen molar-refractivity contribution in [1.29, 1.82) is 0 Å². The summed E-state index contributed by atoms with van der Waals surface area (Å²) in [5, 5.41) is 31.0. The quantitative estimate of drug-likeness (QED) is 0.341. The monoisotopic (exact) mass is 124 g/mol. The van der Waals surface area contributed by atoms with E-state index in [1.165, 1.54) is 0 Å². The number of aliphatic hydroxyl groups excluding tert-OH is 4. The van der Waals surface area contributed by atoms with Gasteiger partial charge in [0.05, 0.1) is 13.2 Å². The zero-order chi connectivity index (χ0) is 6.99. The SMILES string of the molecule is CO.OCC(O)CO. The zero-order valence-electron chi connectivity index (χ0n) is 4.78. The van der Waals surface area contributed by atoms with Gasteiger partial charge in [-0.15, -0.1) is 0 Å². The predicted octanol–water partition coefficient (Wildman–Crippen LogP) is -2.06. The van der Waals surface area contributed by atoms with Gasteiger partial charge in [-0.1, -0.05) is 0 Å². The smallest absolute Gasteiger partial charge is 0.100 e. The molecule has 0 atom stereocenters. The van der Waals surface area contributed by atoms with E-state index >= 15 is 0 Å². The number of aliphatic hydroxyl groups is 4. The van der Waals surface area contributed by atoms with Gasteiger partial charge in [0.1, 0.15) is 6.10 Å². The van der Waals surface area contributed by atoms with Crippen molar-refractivity contribution < 1.29 is 20.4 Å². The van der Waals surface area contributed by atoms with E-state index in [4.69, 9.17) is 20.4 Å². The highest BCUT2D eigenvalue weighted by Gasteiger charge is 1.93. The fourth-order valence-corrected chi connectivity index (χ4v) is 0.0577. The van der Waals surface area contributed by atoms with E-state index < -0.39 is 6.10 Å². The van der Waals surface area contributed by atoms with Crippen LogP contribution >= 0.6 is 0 Å². The van der Waals surface area contributed by atoms with Crippen LogP contribution < -0.4 is 0 Å². The van der Waals surface area contributed by atoms with E-state index in [2.05, 4.69) is 0 Å². The molecule has 0 aromatic heterocycles. The minimum absolute atomic E-state index is 0.365. The lowest BCUT2D eigenvalue weighted by Gasteiger charge is -1.96. The van der Waals surface area contributed by atoms with Gasteiger partial charge < -0.3 is 20.4 Å². The topological polar surface area (TPSA) is 80.9 Å². The Morgan fingerprint density at radius 3 is 1.38 bits per heavy atom. The molecule has 0 saturated heterocycles. The van der Waals surface area contributed by atoms with Gasteiger partial charge in [0.15, 0.2) is 0 Å². The van der Waals surface area contributed by atoms with Gasteiger partial charge >= 0.3 is 0 Å². The van der Waals surface area contributed by atoms with Crippen LogP contribution in [0.25, 0.3) is 0 Å². The summed E-state index contributed by atoms with van der Waals surface area (Å²) in [4.78, 5) is 0. The Bertz CT molecular complexity index is 27.2. The van der Waals surface area contributed by atoms with Crippen LogP contribution in [-0.2, 0) is 0 Å². The second kappa shape index (κ2) is 9.96. The fourth-order valence-electron chi connectivity index (χ4n) is 0.0577. The predicted molar refractivity (Wildman–Crippen MR) is 28.3 cm³/mol. The molecule has 8 heavy (non-hydrogen) atoms. The first-order chi connectivity index (χ1) is 3.81. The van der Waals surface area contributed by atoms with Crippen molar-refractivity contribution in [3.8, 4) is 0 Å². The highest BCUT2D eigenvalue weighted by molar-refractivity contribution is 4.43. The van der Waals surface area contributed by atoms with Gasteiger partial charge in [-0.2, -0.15) is 0 Å². The summed E-state index contributed by atoms with van der Waals surface area (Å²) in [6, 6.07) is 0. The molecule has 4 nitrogen and oxygen atoms in total. The molecule has 0 aromatic carbocycles. The molecular formula is C4H12O4. The molecular weight excluding hydrogens is 112 g/mol. The first-order valence-electron chi connectivity index (χ1n) is 2.15. The van der Waals surface area contributed by atoms with Crippen molar-refractivity contribution in [2.24, 2.45) is 0 Å². The van der Waals surface area contributed by atoms with Crippen molar-refractivity contribution in [2.45, 2.75) is 6.10 Å². The lowest BCUT2D eigenvalue weighted by atomic mass is 10.4. The summed E-state index contributed by atoms with van der Waals surface area (Å²) in [7, 11) is 1.00. The van der Waals surface area contributed by atoms with E-state index in [9.17, 15) is 0 Å². The summed E-state index contributed by atoms with van der Waals surface area (Å²) in [6.07, 6.45) is -0.954. The van der Waals surface area contributed by atoms with Gasteiger partial charge in [-0.3, -0.25) is 0 Å². The van der Waals surface area contributed by atoms with Crippen molar-refractivity contribution in [2.75, 3.05) is 20.3 Å². The van der Waals surface area contributed by atoms with E-state index in [1.807, 2.05) is 0 Å². The molecule has 0 aromatic rings. The van der Waals surface area contributed by atoms with E-state index in [0.717, 1.165) is 7.11 Å². The Balaban J connectivity index is 0. The standard InChI is InChI=1S/C3H8O3.CH4O/c4-1-3(6)2-5;1-2/h3-6H,1-2H2;2H,1H3. The minimum atomic E-state index is -0.954. The highest BCUT2D eigenvalue weighted by atomic mass is 16.3. The van der Waals surface area contributed by atoms with Gasteiger partial charge in [0.25, 0.3) is 0 Å². The largest absolute Gasteiger partial charge is 0.400 e. The molecule has 0 aliphatic heterocycles. The molecule has 0 radical (unpaired) electrons. The van der Waals surface area contributed by atoms with Gasteiger partial charge in [0.2, 0.25) is 0 Å². The Kier molecular flexibility index (Phi) is 13.4. The summed E-state index contributed by atoms with van der Waals surface area (Å²) >= 11 is 0. The average molecular weight is 124 g/mol. The second-order valence-corrected chi connectivity index (χ2v) is 1.02. The Labute approximate surface area is 48.0 Å². The van der Waals surface area contributed by atoms with Crippen LogP contribution in [-0.4, -0.2) is 46.9 Å². The summed E-state index contributed by atoms with van der Waals surface area (Å²) in [6.45, 7) is -0.729. The van der Waals surface area contributed by atoms with Crippen LogP contribution in [0.15, 0.2) is 0 Å². The van der Waals surface area contributed by atoms with Crippen molar-refractivity contribution in [3.05, 3.63) is 0 Å². The van der Waals surface area contributed by atoms with Crippen molar-refractivity contribution >= 4 is 0 Å². The van der Waals surface area contributed by atoms with Crippen LogP contribution in [0.1, 0.15) is 0 Å². The van der Waals surface area contributed by atoms with E-state index in [0.29, 0.717) is 0 Å². The zero-order valence-corrected chi connectivity index (χ0v) is 4.78. The highest BCUT2D eigenvalue weighted by Crippen LogP contribution is 1.71. The Hall–Kier alpha value is -0.160. The van der Waals surface area contributed by atoms with Crippen molar-refractivity contribution in [1.82, 2.24) is 0 Å². The maximum Gasteiger partial charge on any atom is 0.100 e. The minimum Gasteiger partial charge on any atom is -0.400 e. The van der Waals surface area contributed by atoms with Gasteiger partial charge in [-0.25, -0.2) is 0 Å². The summed E-state index contributed by atoms with van der Waals surface area (Å²) < 4.78 is 0. The first kappa shape index (κ1) is 10.8. The van der Waals surface area contributed by atoms with E-state index in [1.54, 1.807) is 0 Å². The molecule has 0 amide bonds. The molecule has 0 heterocycles. The Morgan fingerprint density at radius 2 is 1.38 bits per heavy atom. The third-order valence-electron chi connectivity index (χ3n) is 0.421. The average Bonchev–Trinajstić information content (AvgIpc) is 1.91. The molecule has 52 valence electrons. The fraction of sp³-hybridized carbons (Fsp3) is 1.00. The van der Waals surface area contributed by atoms with Crippen LogP contribution in [0.4, 0.5) is 0 Å². The van der Waals surface area contributed by atoms with Crippen LogP contribution in [0.5, 0.6) is 0 Å². The number of rotatable bonds is 2. The van der Waals surface area contributed by atoms with Crippen LogP contribution in [0.3, 0.4) is 0 Å². The summed E-state index contributed by atoms with van der Waals surface area (Å²) in [5.41, 5.74) is 0. The lowest BCUT2D eigenvalue weighted by molar-refractivity contribution is 0.0450. The third-order valence-corrected chi connectivity index (χ3v) is 0.421.